The van der Waals surface area contributed by atoms with Gasteiger partial charge in [-0.15, -0.1) is 0 Å². The van der Waals surface area contributed by atoms with Gasteiger partial charge in [0, 0.05) is 19.0 Å². The van der Waals surface area contributed by atoms with Gasteiger partial charge in [-0.2, -0.15) is 0 Å². The number of aliphatic hydroxyl groups is 1. The van der Waals surface area contributed by atoms with Gasteiger partial charge in [0.05, 0.1) is 18.9 Å². The molecule has 158 valence electrons. The van der Waals surface area contributed by atoms with Gasteiger partial charge >= 0.3 is 0 Å². The van der Waals surface area contributed by atoms with Crippen LogP contribution in [-0.4, -0.2) is 42.9 Å². The molecule has 0 bridgehead atoms. The number of nitrogens with two attached hydrogens (primary N) is 1. The minimum Gasteiger partial charge on any atom is -0.493 e. The molecule has 1 fully saturated rings. The average Bonchev–Trinajstić information content (AvgIpc) is 2.70. The highest BCUT2D eigenvalue weighted by Gasteiger charge is 2.28. The lowest BCUT2D eigenvalue weighted by atomic mass is 9.88. The quantitative estimate of drug-likeness (QED) is 0.662. The van der Waals surface area contributed by atoms with Crippen LogP contribution in [0.1, 0.15) is 36.5 Å². The van der Waals surface area contributed by atoms with E-state index in [9.17, 15) is 5.11 Å². The lowest BCUT2D eigenvalue weighted by molar-refractivity contribution is 0.0270. The van der Waals surface area contributed by atoms with E-state index in [0.717, 1.165) is 50.0 Å². The van der Waals surface area contributed by atoms with Crippen molar-refractivity contribution in [2.45, 2.75) is 45.8 Å². The maximum Gasteiger partial charge on any atom is 0.184 e. The van der Waals surface area contributed by atoms with Crippen molar-refractivity contribution in [3.8, 4) is 11.5 Å². The number of aliphatic hydroxyl groups excluding tert-OH is 1. The first kappa shape index (κ1) is 21.5. The van der Waals surface area contributed by atoms with Gasteiger partial charge in [0.2, 0.25) is 0 Å². The van der Waals surface area contributed by atoms with Gasteiger partial charge < -0.3 is 25.2 Å². The number of nitrogen functional groups attached to an aromatic ring is 1. The molecule has 3 rings (SSSR count). The van der Waals surface area contributed by atoms with Crippen LogP contribution in [0, 0.1) is 12.8 Å². The Morgan fingerprint density at radius 3 is 2.76 bits per heavy atom. The highest BCUT2D eigenvalue weighted by Crippen LogP contribution is 2.37. The Bertz CT molecular complexity index is 809. The molecule has 2 aromatic rings. The number of anilines is 1. The van der Waals surface area contributed by atoms with Crippen molar-refractivity contribution in [2.75, 3.05) is 32.5 Å². The van der Waals surface area contributed by atoms with E-state index < -0.39 is 0 Å². The van der Waals surface area contributed by atoms with Gasteiger partial charge in [-0.3, -0.25) is 0 Å². The molecule has 0 aliphatic carbocycles. The first-order valence-electron chi connectivity index (χ1n) is 10.6. The Labute approximate surface area is 174 Å². The van der Waals surface area contributed by atoms with Crippen LogP contribution in [0.2, 0.25) is 0 Å². The summed E-state index contributed by atoms with van der Waals surface area (Å²) in [6, 6.07) is 12.1. The third-order valence-electron chi connectivity index (χ3n) is 5.81. The summed E-state index contributed by atoms with van der Waals surface area (Å²) in [7, 11) is 1.64. The number of rotatable bonds is 8. The summed E-state index contributed by atoms with van der Waals surface area (Å²) in [5.74, 6) is 1.43. The van der Waals surface area contributed by atoms with Crippen molar-refractivity contribution >= 4 is 5.69 Å². The summed E-state index contributed by atoms with van der Waals surface area (Å²) < 4.78 is 11.6. The molecule has 0 saturated carbocycles. The van der Waals surface area contributed by atoms with Crippen LogP contribution in [0.5, 0.6) is 11.5 Å². The monoisotopic (exact) mass is 398 g/mol. The van der Waals surface area contributed by atoms with E-state index in [1.165, 1.54) is 5.56 Å². The van der Waals surface area contributed by atoms with E-state index in [1.54, 1.807) is 7.11 Å². The Hall–Kier alpha value is -2.24. The van der Waals surface area contributed by atoms with Crippen LogP contribution < -0.4 is 15.2 Å². The number of ether oxygens (including phenoxy) is 2. The van der Waals surface area contributed by atoms with E-state index in [-0.39, 0.29) is 12.0 Å². The minimum absolute atomic E-state index is 0.207. The smallest absolute Gasteiger partial charge is 0.184 e. The fraction of sp³-hybridized carbons (Fsp3) is 0.500. The van der Waals surface area contributed by atoms with E-state index in [4.69, 9.17) is 15.2 Å². The zero-order chi connectivity index (χ0) is 20.8. The lowest BCUT2D eigenvalue weighted by Gasteiger charge is -2.36. The second-order valence-corrected chi connectivity index (χ2v) is 8.05. The molecule has 0 spiro atoms. The summed E-state index contributed by atoms with van der Waals surface area (Å²) in [4.78, 5) is 2.44. The molecule has 1 heterocycles. The van der Waals surface area contributed by atoms with Crippen LogP contribution in [0.25, 0.3) is 0 Å². The predicted octanol–water partition coefficient (Wildman–Crippen LogP) is 3.80. The summed E-state index contributed by atoms with van der Waals surface area (Å²) in [6.45, 7) is 7.69. The highest BCUT2D eigenvalue weighted by molar-refractivity contribution is 5.62. The zero-order valence-electron chi connectivity index (χ0n) is 17.9. The summed E-state index contributed by atoms with van der Waals surface area (Å²) in [6.07, 6.45) is 2.47. The average molecular weight is 399 g/mol. The van der Waals surface area contributed by atoms with E-state index in [0.29, 0.717) is 23.8 Å². The second-order valence-electron chi connectivity index (χ2n) is 8.05. The molecule has 2 unspecified atom stereocenters. The number of hydrogen-bond donors (Lipinski definition) is 2. The fourth-order valence-electron chi connectivity index (χ4n) is 4.15. The second kappa shape index (κ2) is 9.99. The van der Waals surface area contributed by atoms with Crippen molar-refractivity contribution in [2.24, 2.45) is 5.92 Å². The molecular weight excluding hydrogens is 364 g/mol. The minimum atomic E-state index is -0.271. The Morgan fingerprint density at radius 2 is 2.03 bits per heavy atom. The summed E-state index contributed by atoms with van der Waals surface area (Å²) in [5.41, 5.74) is 10.3. The number of benzene rings is 2. The number of likely N-dealkylation sites (tertiary alicyclic amines) is 1. The number of hydrogen-bond acceptors (Lipinski definition) is 5. The SMILES string of the molecule is CCCN1CCC(O)C(Cc2cc(N)c(OCc3ccccc3C)c(OC)c2)C1. The summed E-state index contributed by atoms with van der Waals surface area (Å²) in [5, 5.41) is 10.5. The third kappa shape index (κ3) is 5.43. The van der Waals surface area contributed by atoms with Crippen LogP contribution in [0.4, 0.5) is 5.69 Å². The summed E-state index contributed by atoms with van der Waals surface area (Å²) >= 11 is 0. The van der Waals surface area contributed by atoms with Gasteiger partial charge in [0.25, 0.3) is 0 Å². The van der Waals surface area contributed by atoms with Crippen LogP contribution in [0.15, 0.2) is 36.4 Å². The standard InChI is InChI=1S/C24H34N2O3/c1-4-10-26-11-9-22(27)20(15-26)12-18-13-21(25)24(23(14-18)28-3)29-16-19-8-6-5-7-17(19)2/h5-8,13-14,20,22,27H,4,9-12,15-16,25H2,1-3H3. The van der Waals surface area contributed by atoms with E-state index in [2.05, 4.69) is 30.9 Å². The molecule has 2 atom stereocenters. The molecule has 1 saturated heterocycles. The maximum atomic E-state index is 10.5. The van der Waals surface area contributed by atoms with Crippen molar-refractivity contribution in [3.05, 3.63) is 53.1 Å². The molecule has 29 heavy (non-hydrogen) atoms. The lowest BCUT2D eigenvalue weighted by Crippen LogP contribution is -2.44. The Kier molecular flexibility index (Phi) is 7.40. The zero-order valence-corrected chi connectivity index (χ0v) is 17.9. The molecular formula is C24H34N2O3. The fourth-order valence-corrected chi connectivity index (χ4v) is 4.15. The van der Waals surface area contributed by atoms with Crippen molar-refractivity contribution in [1.29, 1.82) is 0 Å². The van der Waals surface area contributed by atoms with Crippen LogP contribution in [0.3, 0.4) is 0 Å². The molecule has 0 radical (unpaired) electrons. The van der Waals surface area contributed by atoms with Gasteiger partial charge in [-0.25, -0.2) is 0 Å². The van der Waals surface area contributed by atoms with Gasteiger partial charge in [-0.1, -0.05) is 31.2 Å². The van der Waals surface area contributed by atoms with Gasteiger partial charge in [0.1, 0.15) is 6.61 Å². The number of aryl methyl sites for hydroxylation is 1. The maximum absolute atomic E-state index is 10.5. The number of methoxy groups -OCH3 is 1. The molecule has 3 N–H and O–H groups in total. The number of nitrogens with zero attached hydrogens (tertiary/aromatic N) is 1. The molecule has 0 amide bonds. The van der Waals surface area contributed by atoms with Crippen molar-refractivity contribution in [3.63, 3.8) is 0 Å². The first-order valence-corrected chi connectivity index (χ1v) is 10.6. The first-order chi connectivity index (χ1) is 14.0. The molecule has 1 aliphatic rings. The van der Waals surface area contributed by atoms with Crippen molar-refractivity contribution < 1.29 is 14.6 Å². The van der Waals surface area contributed by atoms with Crippen LogP contribution >= 0.6 is 0 Å². The van der Waals surface area contributed by atoms with E-state index >= 15 is 0 Å². The Balaban J connectivity index is 1.73. The third-order valence-corrected chi connectivity index (χ3v) is 5.81. The van der Waals surface area contributed by atoms with Crippen LogP contribution in [-0.2, 0) is 13.0 Å². The Morgan fingerprint density at radius 1 is 1.24 bits per heavy atom. The molecule has 0 aromatic heterocycles. The topological polar surface area (TPSA) is 68.0 Å². The highest BCUT2D eigenvalue weighted by atomic mass is 16.5. The molecule has 5 nitrogen and oxygen atoms in total. The van der Waals surface area contributed by atoms with Gasteiger partial charge in [0.15, 0.2) is 11.5 Å². The number of piperidine rings is 1. The molecule has 5 heteroatoms. The van der Waals surface area contributed by atoms with Crippen molar-refractivity contribution in [1.82, 2.24) is 4.90 Å². The van der Waals surface area contributed by atoms with E-state index in [1.807, 2.05) is 24.3 Å². The molecule has 1 aliphatic heterocycles. The molecule has 2 aromatic carbocycles. The largest absolute Gasteiger partial charge is 0.493 e. The normalized spacial score (nSPS) is 19.9. The predicted molar refractivity (Wildman–Crippen MR) is 117 cm³/mol. The van der Waals surface area contributed by atoms with Gasteiger partial charge in [-0.05, 0) is 61.6 Å².